The first-order valence-electron chi connectivity index (χ1n) is 7.27. The summed E-state index contributed by atoms with van der Waals surface area (Å²) in [6.45, 7) is 11.9. The minimum atomic E-state index is 0.0637. The second-order valence-electron chi connectivity index (χ2n) is 6.21. The maximum absolute atomic E-state index is 9.23. The highest BCUT2D eigenvalue weighted by Gasteiger charge is 2.35. The van der Waals surface area contributed by atoms with Crippen LogP contribution in [0.3, 0.4) is 0 Å². The van der Waals surface area contributed by atoms with Gasteiger partial charge in [0.25, 0.3) is 0 Å². The van der Waals surface area contributed by atoms with E-state index in [4.69, 9.17) is 5.73 Å². The van der Waals surface area contributed by atoms with Crippen molar-refractivity contribution in [3.63, 3.8) is 0 Å². The Morgan fingerprint density at radius 2 is 1.78 bits per heavy atom. The topological polar surface area (TPSA) is 61.5 Å². The van der Waals surface area contributed by atoms with Crippen LogP contribution >= 0.6 is 0 Å². The van der Waals surface area contributed by atoms with E-state index in [2.05, 4.69) is 37.9 Å². The molecule has 1 fully saturated rings. The Morgan fingerprint density at radius 3 is 2.17 bits per heavy atom. The van der Waals surface area contributed by atoms with Crippen molar-refractivity contribution in [1.29, 1.82) is 0 Å². The molecule has 0 bridgehead atoms. The van der Waals surface area contributed by atoms with Crippen molar-refractivity contribution in [3.05, 3.63) is 0 Å². The summed E-state index contributed by atoms with van der Waals surface area (Å²) in [4.78, 5) is 2.51. The third-order valence-electron chi connectivity index (χ3n) is 4.55. The molecule has 0 aromatic rings. The van der Waals surface area contributed by atoms with Crippen molar-refractivity contribution >= 4 is 0 Å². The van der Waals surface area contributed by atoms with Crippen LogP contribution in [0.15, 0.2) is 0 Å². The summed E-state index contributed by atoms with van der Waals surface area (Å²) in [6.07, 6.45) is 2.20. The summed E-state index contributed by atoms with van der Waals surface area (Å²) in [7, 11) is 0. The maximum Gasteiger partial charge on any atom is 0.0471 e. The van der Waals surface area contributed by atoms with Gasteiger partial charge in [-0.05, 0) is 39.5 Å². The van der Waals surface area contributed by atoms with Crippen molar-refractivity contribution in [1.82, 2.24) is 10.2 Å². The van der Waals surface area contributed by atoms with Crippen LogP contribution in [-0.4, -0.2) is 53.9 Å². The van der Waals surface area contributed by atoms with Crippen molar-refractivity contribution in [3.8, 4) is 0 Å². The third-order valence-corrected chi connectivity index (χ3v) is 4.55. The normalized spacial score (nSPS) is 24.2. The molecule has 108 valence electrons. The van der Waals surface area contributed by atoms with Crippen LogP contribution in [0.2, 0.25) is 0 Å². The fourth-order valence-electron chi connectivity index (χ4n) is 2.66. The molecule has 0 aromatic heterocycles. The minimum absolute atomic E-state index is 0.0637. The molecule has 18 heavy (non-hydrogen) atoms. The molecule has 4 heteroatoms. The van der Waals surface area contributed by atoms with E-state index in [9.17, 15) is 5.11 Å². The van der Waals surface area contributed by atoms with Crippen LogP contribution in [0.5, 0.6) is 0 Å². The van der Waals surface area contributed by atoms with Gasteiger partial charge in [0.2, 0.25) is 0 Å². The summed E-state index contributed by atoms with van der Waals surface area (Å²) in [5, 5.41) is 12.9. The number of aliphatic hydroxyl groups excluding tert-OH is 1. The molecule has 0 aromatic carbocycles. The Balaban J connectivity index is 2.55. The molecule has 1 aliphatic heterocycles. The lowest BCUT2D eigenvalue weighted by molar-refractivity contribution is 0.0948. The average Bonchev–Trinajstić information content (AvgIpc) is 2.38. The van der Waals surface area contributed by atoms with Crippen LogP contribution in [0, 0.1) is 5.92 Å². The van der Waals surface area contributed by atoms with Gasteiger partial charge >= 0.3 is 0 Å². The second kappa shape index (κ2) is 6.85. The van der Waals surface area contributed by atoms with E-state index in [0.717, 1.165) is 25.9 Å². The summed E-state index contributed by atoms with van der Waals surface area (Å²) >= 11 is 0. The Kier molecular flexibility index (Phi) is 6.05. The molecule has 0 saturated carbocycles. The zero-order chi connectivity index (χ0) is 13.8. The van der Waals surface area contributed by atoms with Crippen LogP contribution in [-0.2, 0) is 0 Å². The van der Waals surface area contributed by atoms with E-state index >= 15 is 0 Å². The Hall–Kier alpha value is -0.160. The minimum Gasteiger partial charge on any atom is -0.396 e. The summed E-state index contributed by atoms with van der Waals surface area (Å²) < 4.78 is 0. The highest BCUT2D eigenvalue weighted by Crippen LogP contribution is 2.24. The third kappa shape index (κ3) is 3.92. The van der Waals surface area contributed by atoms with Crippen molar-refractivity contribution < 1.29 is 5.11 Å². The predicted molar refractivity (Wildman–Crippen MR) is 76.6 cm³/mol. The van der Waals surface area contributed by atoms with Gasteiger partial charge in [-0.3, -0.25) is 0 Å². The van der Waals surface area contributed by atoms with Gasteiger partial charge in [0.05, 0.1) is 0 Å². The van der Waals surface area contributed by atoms with E-state index in [-0.39, 0.29) is 18.1 Å². The Labute approximate surface area is 112 Å². The van der Waals surface area contributed by atoms with Crippen molar-refractivity contribution in [2.24, 2.45) is 11.7 Å². The van der Waals surface area contributed by atoms with E-state index in [0.29, 0.717) is 18.6 Å². The number of aliphatic hydroxyl groups is 1. The molecule has 0 amide bonds. The number of piperidine rings is 1. The van der Waals surface area contributed by atoms with E-state index in [1.54, 1.807) is 0 Å². The molecule has 2 atom stereocenters. The molecular formula is C14H31N3O. The number of hydrogen-bond donors (Lipinski definition) is 3. The van der Waals surface area contributed by atoms with Crippen molar-refractivity contribution in [2.75, 3.05) is 26.2 Å². The highest BCUT2D eigenvalue weighted by molar-refractivity contribution is 4.96. The van der Waals surface area contributed by atoms with Gasteiger partial charge in [0.1, 0.15) is 0 Å². The second-order valence-corrected chi connectivity index (χ2v) is 6.21. The van der Waals surface area contributed by atoms with E-state index in [1.807, 2.05) is 0 Å². The van der Waals surface area contributed by atoms with Gasteiger partial charge in [-0.15, -0.1) is 0 Å². The number of rotatable bonds is 6. The lowest BCUT2D eigenvalue weighted by Gasteiger charge is -2.45. The van der Waals surface area contributed by atoms with Crippen molar-refractivity contribution in [2.45, 2.75) is 58.2 Å². The summed E-state index contributed by atoms with van der Waals surface area (Å²) in [5.74, 6) is 0.275. The molecule has 4 nitrogen and oxygen atoms in total. The highest BCUT2D eigenvalue weighted by atomic mass is 16.3. The molecular weight excluding hydrogens is 226 g/mol. The van der Waals surface area contributed by atoms with Gasteiger partial charge in [-0.1, -0.05) is 6.92 Å². The van der Waals surface area contributed by atoms with Gasteiger partial charge in [-0.25, -0.2) is 0 Å². The van der Waals surface area contributed by atoms with Gasteiger partial charge in [0, 0.05) is 43.9 Å². The first-order chi connectivity index (χ1) is 8.44. The Morgan fingerprint density at radius 1 is 1.22 bits per heavy atom. The predicted octanol–water partition coefficient (Wildman–Crippen LogP) is 0.795. The number of nitrogens with one attached hydrogen (secondary N) is 1. The van der Waals surface area contributed by atoms with Gasteiger partial charge in [-0.2, -0.15) is 0 Å². The molecule has 1 heterocycles. The smallest absolute Gasteiger partial charge is 0.0471 e. The number of nitrogens with two attached hydrogens (primary N) is 1. The molecule has 0 aliphatic carbocycles. The average molecular weight is 257 g/mol. The molecule has 1 saturated heterocycles. The molecule has 0 radical (unpaired) electrons. The van der Waals surface area contributed by atoms with Gasteiger partial charge in [0.15, 0.2) is 0 Å². The first-order valence-corrected chi connectivity index (χ1v) is 7.27. The quantitative estimate of drug-likeness (QED) is 0.658. The monoisotopic (exact) mass is 257 g/mol. The number of likely N-dealkylation sites (tertiary alicyclic amines) is 1. The zero-order valence-corrected chi connectivity index (χ0v) is 12.4. The number of hydrogen-bond acceptors (Lipinski definition) is 4. The van der Waals surface area contributed by atoms with Crippen LogP contribution in [0.4, 0.5) is 0 Å². The zero-order valence-electron chi connectivity index (χ0n) is 12.4. The largest absolute Gasteiger partial charge is 0.396 e. The lowest BCUT2D eigenvalue weighted by atomic mass is 9.85. The summed E-state index contributed by atoms with van der Waals surface area (Å²) in [6, 6.07) is 0.929. The fourth-order valence-corrected chi connectivity index (χ4v) is 2.66. The van der Waals surface area contributed by atoms with Gasteiger partial charge < -0.3 is 21.1 Å². The SMILES string of the molecule is CC(CO)C(C)NC1(CN)CCN(C(C)C)CC1. The summed E-state index contributed by atoms with van der Waals surface area (Å²) in [5.41, 5.74) is 6.07. The molecule has 2 unspecified atom stereocenters. The van der Waals surface area contributed by atoms with Crippen LogP contribution in [0.1, 0.15) is 40.5 Å². The maximum atomic E-state index is 9.23. The molecule has 0 spiro atoms. The fraction of sp³-hybridized carbons (Fsp3) is 1.00. The van der Waals surface area contributed by atoms with E-state index < -0.39 is 0 Å². The molecule has 1 rings (SSSR count). The number of nitrogens with zero attached hydrogens (tertiary/aromatic N) is 1. The standard InChI is InChI=1S/C14H31N3O/c1-11(2)17-7-5-14(10-15,6-8-17)16-13(4)12(3)9-18/h11-13,16,18H,5-10,15H2,1-4H3. The Bertz CT molecular complexity index is 237. The molecule has 1 aliphatic rings. The first kappa shape index (κ1) is 15.9. The van der Waals surface area contributed by atoms with E-state index in [1.165, 1.54) is 0 Å². The van der Waals surface area contributed by atoms with Crippen LogP contribution < -0.4 is 11.1 Å². The lowest BCUT2D eigenvalue weighted by Crippen LogP contribution is -2.61. The molecule has 4 N–H and O–H groups in total. The van der Waals surface area contributed by atoms with Crippen LogP contribution in [0.25, 0.3) is 0 Å².